The third-order valence-corrected chi connectivity index (χ3v) is 6.77. The largest absolute Gasteiger partial charge is 0.444 e. The average Bonchev–Trinajstić information content (AvgIpc) is 2.87. The zero-order chi connectivity index (χ0) is 29.6. The lowest BCUT2D eigenvalue weighted by molar-refractivity contribution is -0.143. The lowest BCUT2D eigenvalue weighted by atomic mass is 9.93. The molecule has 2 N–H and O–H groups in total. The maximum absolute atomic E-state index is 14.4. The third kappa shape index (κ3) is 11.3. The van der Waals surface area contributed by atoms with Gasteiger partial charge in [0, 0.05) is 18.2 Å². The van der Waals surface area contributed by atoms with Crippen LogP contribution in [0.4, 0.5) is 4.79 Å². The first kappa shape index (κ1) is 34.0. The Bertz CT molecular complexity index is 963. The van der Waals surface area contributed by atoms with Gasteiger partial charge in [0.2, 0.25) is 11.8 Å². The number of amides is 3. The Hall–Kier alpha value is -3.01. The van der Waals surface area contributed by atoms with Crippen molar-refractivity contribution in [1.82, 2.24) is 15.5 Å². The van der Waals surface area contributed by atoms with Gasteiger partial charge in [-0.05, 0) is 58.1 Å². The van der Waals surface area contributed by atoms with Crippen molar-refractivity contribution in [2.75, 3.05) is 6.54 Å². The number of alkyl carbamates (subject to hydrolysis) is 1. The van der Waals surface area contributed by atoms with E-state index in [1.807, 2.05) is 39.0 Å². The van der Waals surface area contributed by atoms with Gasteiger partial charge in [-0.15, -0.1) is 6.42 Å². The highest BCUT2D eigenvalue weighted by Crippen LogP contribution is 2.28. The summed E-state index contributed by atoms with van der Waals surface area (Å²) in [4.78, 5) is 42.7. The number of hydrogen-bond donors (Lipinski definition) is 2. The van der Waals surface area contributed by atoms with Crippen molar-refractivity contribution < 1.29 is 19.1 Å². The second kappa shape index (κ2) is 16.8. The molecule has 218 valence electrons. The molecule has 7 heteroatoms. The van der Waals surface area contributed by atoms with E-state index in [0.717, 1.165) is 38.5 Å². The summed E-state index contributed by atoms with van der Waals surface area (Å²) in [6.45, 7) is 15.7. The second-order valence-electron chi connectivity index (χ2n) is 11.4. The Morgan fingerprint density at radius 1 is 1.00 bits per heavy atom. The first-order valence-corrected chi connectivity index (χ1v) is 14.6. The minimum Gasteiger partial charge on any atom is -0.444 e. The van der Waals surface area contributed by atoms with E-state index in [2.05, 4.69) is 30.4 Å². The number of benzene rings is 1. The molecule has 0 aliphatic heterocycles. The summed E-state index contributed by atoms with van der Waals surface area (Å²) < 4.78 is 5.49. The molecule has 0 saturated heterocycles. The second-order valence-corrected chi connectivity index (χ2v) is 11.4. The smallest absolute Gasteiger partial charge is 0.408 e. The summed E-state index contributed by atoms with van der Waals surface area (Å²) >= 11 is 0. The van der Waals surface area contributed by atoms with Gasteiger partial charge in [0.15, 0.2) is 0 Å². The molecule has 7 nitrogen and oxygen atoms in total. The van der Waals surface area contributed by atoms with E-state index in [9.17, 15) is 14.4 Å². The van der Waals surface area contributed by atoms with Crippen LogP contribution in [0.25, 0.3) is 0 Å². The van der Waals surface area contributed by atoms with Crippen molar-refractivity contribution in [3.05, 3.63) is 35.4 Å². The normalized spacial score (nSPS) is 14.3. The molecule has 1 aromatic carbocycles. The molecule has 0 radical (unpaired) electrons. The molecule has 0 fully saturated rings. The maximum atomic E-state index is 14.4. The number of carbonyl (C=O) groups is 3. The molecule has 0 saturated carbocycles. The van der Waals surface area contributed by atoms with Crippen molar-refractivity contribution in [2.24, 2.45) is 5.92 Å². The Kier molecular flexibility index (Phi) is 14.7. The van der Waals surface area contributed by atoms with Crippen LogP contribution in [-0.4, -0.2) is 47.0 Å². The van der Waals surface area contributed by atoms with Crippen LogP contribution in [0, 0.1) is 18.3 Å². The first-order valence-electron chi connectivity index (χ1n) is 14.6. The minimum absolute atomic E-state index is 0.0645. The van der Waals surface area contributed by atoms with E-state index in [1.165, 1.54) is 0 Å². The number of terminal acetylenes is 1. The number of nitrogens with zero attached hydrogens (tertiary/aromatic N) is 1. The van der Waals surface area contributed by atoms with Crippen molar-refractivity contribution in [1.29, 1.82) is 0 Å². The fourth-order valence-corrected chi connectivity index (χ4v) is 4.52. The number of unbranched alkanes of at least 4 members (excludes halogenated alkanes) is 3. The van der Waals surface area contributed by atoms with Crippen LogP contribution < -0.4 is 10.6 Å². The molecule has 0 bridgehead atoms. The van der Waals surface area contributed by atoms with Gasteiger partial charge >= 0.3 is 6.09 Å². The van der Waals surface area contributed by atoms with Crippen molar-refractivity contribution in [3.63, 3.8) is 0 Å². The maximum Gasteiger partial charge on any atom is 0.408 e. The summed E-state index contributed by atoms with van der Waals surface area (Å²) in [6.07, 6.45) is 11.3. The van der Waals surface area contributed by atoms with Crippen molar-refractivity contribution in [2.45, 2.75) is 124 Å². The summed E-state index contributed by atoms with van der Waals surface area (Å²) in [7, 11) is 0. The molecule has 0 heterocycles. The summed E-state index contributed by atoms with van der Waals surface area (Å²) in [5.41, 5.74) is 0.453. The number of nitrogens with one attached hydrogen (secondary N) is 2. The molecular formula is C32H51N3O4. The summed E-state index contributed by atoms with van der Waals surface area (Å²) in [5.74, 6) is 1.91. The minimum atomic E-state index is -0.933. The van der Waals surface area contributed by atoms with Crippen LogP contribution in [0.5, 0.6) is 0 Å². The number of carbonyl (C=O) groups excluding carboxylic acids is 3. The fraction of sp³-hybridized carbons (Fsp3) is 0.656. The van der Waals surface area contributed by atoms with Gasteiger partial charge in [-0.25, -0.2) is 4.79 Å². The lowest BCUT2D eigenvalue weighted by Crippen LogP contribution is -2.56. The predicted molar refractivity (Wildman–Crippen MR) is 158 cm³/mol. The Balaban J connectivity index is 3.62. The molecule has 4 atom stereocenters. The highest BCUT2D eigenvalue weighted by molar-refractivity contribution is 5.92. The van der Waals surface area contributed by atoms with Gasteiger partial charge < -0.3 is 20.3 Å². The molecule has 4 unspecified atom stereocenters. The van der Waals surface area contributed by atoms with Gasteiger partial charge in [0.1, 0.15) is 17.7 Å². The van der Waals surface area contributed by atoms with Crippen LogP contribution >= 0.6 is 0 Å². The van der Waals surface area contributed by atoms with Gasteiger partial charge in [0.25, 0.3) is 0 Å². The molecule has 1 aromatic rings. The van der Waals surface area contributed by atoms with E-state index < -0.39 is 23.8 Å². The fourth-order valence-electron chi connectivity index (χ4n) is 4.52. The van der Waals surface area contributed by atoms with Gasteiger partial charge in [-0.1, -0.05) is 83.9 Å². The molecule has 0 spiro atoms. The van der Waals surface area contributed by atoms with Gasteiger partial charge in [-0.2, -0.15) is 0 Å². The SMILES string of the molecule is C#Cc1ccccc1C(C(=O)NC(C)CCC)N(CCCCCC)C(=O)C(NC(=O)OC(C)(C)C)C(C)CC. The Morgan fingerprint density at radius 2 is 1.67 bits per heavy atom. The lowest BCUT2D eigenvalue weighted by Gasteiger charge is -2.37. The molecule has 0 aliphatic rings. The molecular weight excluding hydrogens is 490 g/mol. The van der Waals surface area contributed by atoms with Crippen LogP contribution in [0.3, 0.4) is 0 Å². The van der Waals surface area contributed by atoms with Crippen LogP contribution in [-0.2, 0) is 14.3 Å². The zero-order valence-electron chi connectivity index (χ0n) is 25.4. The molecule has 1 rings (SSSR count). The summed E-state index contributed by atoms with van der Waals surface area (Å²) in [6, 6.07) is 5.40. The van der Waals surface area contributed by atoms with Gasteiger partial charge in [0.05, 0.1) is 0 Å². The monoisotopic (exact) mass is 541 g/mol. The highest BCUT2D eigenvalue weighted by Gasteiger charge is 2.38. The third-order valence-electron chi connectivity index (χ3n) is 6.77. The van der Waals surface area contributed by atoms with E-state index >= 15 is 0 Å². The van der Waals surface area contributed by atoms with Gasteiger partial charge in [-0.3, -0.25) is 9.59 Å². The van der Waals surface area contributed by atoms with Crippen molar-refractivity contribution >= 4 is 17.9 Å². The van der Waals surface area contributed by atoms with E-state index in [1.54, 1.807) is 31.7 Å². The van der Waals surface area contributed by atoms with Crippen LogP contribution in [0.15, 0.2) is 24.3 Å². The quantitative estimate of drug-likeness (QED) is 0.200. The van der Waals surface area contributed by atoms with Crippen LogP contribution in [0.1, 0.15) is 118 Å². The molecule has 3 amide bonds. The van der Waals surface area contributed by atoms with Crippen molar-refractivity contribution in [3.8, 4) is 12.3 Å². The average molecular weight is 542 g/mol. The molecule has 0 aliphatic carbocycles. The summed E-state index contributed by atoms with van der Waals surface area (Å²) in [5, 5.41) is 5.92. The Morgan fingerprint density at radius 3 is 2.23 bits per heavy atom. The zero-order valence-corrected chi connectivity index (χ0v) is 25.4. The van der Waals surface area contributed by atoms with E-state index in [-0.39, 0.29) is 23.8 Å². The van der Waals surface area contributed by atoms with E-state index in [0.29, 0.717) is 24.1 Å². The van der Waals surface area contributed by atoms with Crippen LogP contribution in [0.2, 0.25) is 0 Å². The Labute approximate surface area is 236 Å². The van der Waals surface area contributed by atoms with E-state index in [4.69, 9.17) is 11.2 Å². The molecule has 39 heavy (non-hydrogen) atoms. The number of rotatable bonds is 15. The standard InChI is InChI=1S/C32H51N3O4/c1-10-14-15-18-22-35(30(37)27(23(5)12-3)34-31(38)39-32(7,8)9)28(29(36)33-24(6)19-11-2)26-21-17-16-20-25(26)13-4/h4,16-17,20-21,23-24,27-28H,10-12,14-15,18-19,22H2,1-3,5-9H3,(H,33,36)(H,34,38). The predicted octanol–water partition coefficient (Wildman–Crippen LogP) is 6.36. The topological polar surface area (TPSA) is 87.7 Å². The number of hydrogen-bond acceptors (Lipinski definition) is 4. The number of ether oxygens (including phenoxy) is 1. The highest BCUT2D eigenvalue weighted by atomic mass is 16.6. The molecule has 0 aromatic heterocycles. The first-order chi connectivity index (χ1) is 18.4.